The molecule has 4 rings (SSSR count). The molecule has 0 aliphatic heterocycles. The van der Waals surface area contributed by atoms with Crippen LogP contribution in [0.2, 0.25) is 0 Å². The van der Waals surface area contributed by atoms with Crippen molar-refractivity contribution >= 4 is 17.2 Å². The number of nitrogens with one attached hydrogen (secondary N) is 2. The number of nitrogens with zero attached hydrogens (tertiary/aromatic N) is 3. The molecule has 2 N–H and O–H groups in total. The van der Waals surface area contributed by atoms with Crippen LogP contribution in [-0.2, 0) is 6.54 Å². The molecule has 0 aliphatic carbocycles. The fraction of sp³-hybridized carbons (Fsp3) is 0.100. The fourth-order valence-corrected chi connectivity index (χ4v) is 3.46. The van der Waals surface area contributed by atoms with E-state index in [1.165, 1.54) is 11.3 Å². The fourth-order valence-electron chi connectivity index (χ4n) is 2.65. The monoisotopic (exact) mass is 375 g/mol. The molecule has 7 heteroatoms. The van der Waals surface area contributed by atoms with Crippen molar-refractivity contribution in [3.63, 3.8) is 0 Å². The summed E-state index contributed by atoms with van der Waals surface area (Å²) in [6, 6.07) is 13.3. The molecule has 4 aromatic rings. The lowest BCUT2D eigenvalue weighted by Crippen LogP contribution is -2.09. The Morgan fingerprint density at radius 3 is 2.85 bits per heavy atom. The number of aryl methyl sites for hydroxylation is 1. The largest absolute Gasteiger partial charge is 0.364 e. The van der Waals surface area contributed by atoms with E-state index in [0.29, 0.717) is 17.8 Å². The standard InChI is InChI=1S/C20H17N5OS/c1-13-5-6-16(19(26)24-13)17-12-27-20(25-17)14-7-9-22-18(10-14)23-11-15-4-2-3-8-21-15/h2-10,12H,11H2,1H3,(H,22,23)(H,24,26). The number of thiazole rings is 1. The second kappa shape index (κ2) is 7.51. The Labute approximate surface area is 160 Å². The van der Waals surface area contributed by atoms with Crippen LogP contribution in [0.15, 0.2) is 65.0 Å². The molecule has 0 spiro atoms. The van der Waals surface area contributed by atoms with E-state index < -0.39 is 0 Å². The highest BCUT2D eigenvalue weighted by molar-refractivity contribution is 7.13. The van der Waals surface area contributed by atoms with Crippen LogP contribution in [0, 0.1) is 6.92 Å². The van der Waals surface area contributed by atoms with Gasteiger partial charge in [-0.05, 0) is 43.3 Å². The van der Waals surface area contributed by atoms with Gasteiger partial charge in [-0.25, -0.2) is 9.97 Å². The first-order chi connectivity index (χ1) is 13.2. The van der Waals surface area contributed by atoms with Crippen LogP contribution in [0.3, 0.4) is 0 Å². The van der Waals surface area contributed by atoms with E-state index in [2.05, 4.69) is 25.3 Å². The molecular weight excluding hydrogens is 358 g/mol. The minimum Gasteiger partial charge on any atom is -0.364 e. The third-order valence-corrected chi connectivity index (χ3v) is 4.91. The molecule has 0 fully saturated rings. The summed E-state index contributed by atoms with van der Waals surface area (Å²) in [4.78, 5) is 28.2. The third kappa shape index (κ3) is 3.93. The summed E-state index contributed by atoms with van der Waals surface area (Å²) < 4.78 is 0. The predicted molar refractivity (Wildman–Crippen MR) is 108 cm³/mol. The topological polar surface area (TPSA) is 83.6 Å². The summed E-state index contributed by atoms with van der Waals surface area (Å²) in [5.41, 5.74) is 3.85. The molecule has 4 aromatic heterocycles. The van der Waals surface area contributed by atoms with Crippen molar-refractivity contribution in [2.24, 2.45) is 0 Å². The highest BCUT2D eigenvalue weighted by Crippen LogP contribution is 2.28. The quantitative estimate of drug-likeness (QED) is 0.553. The molecule has 0 unspecified atom stereocenters. The number of hydrogen-bond donors (Lipinski definition) is 2. The molecule has 0 atom stereocenters. The predicted octanol–water partition coefficient (Wildman–Crippen LogP) is 3.88. The van der Waals surface area contributed by atoms with Gasteiger partial charge in [0.15, 0.2) is 0 Å². The number of aromatic nitrogens is 4. The van der Waals surface area contributed by atoms with Crippen LogP contribution in [0.25, 0.3) is 21.8 Å². The summed E-state index contributed by atoms with van der Waals surface area (Å²) in [6.45, 7) is 2.45. The lowest BCUT2D eigenvalue weighted by Gasteiger charge is -2.06. The zero-order valence-electron chi connectivity index (χ0n) is 14.6. The molecule has 0 bridgehead atoms. The van der Waals surface area contributed by atoms with Crippen molar-refractivity contribution in [1.29, 1.82) is 0 Å². The molecular formula is C20H17N5OS. The Morgan fingerprint density at radius 1 is 1.11 bits per heavy atom. The Hall–Kier alpha value is -3.32. The number of anilines is 1. The number of rotatable bonds is 5. The first-order valence-electron chi connectivity index (χ1n) is 8.45. The van der Waals surface area contributed by atoms with Crippen LogP contribution in [0.4, 0.5) is 5.82 Å². The van der Waals surface area contributed by atoms with Crippen LogP contribution >= 0.6 is 11.3 Å². The molecule has 6 nitrogen and oxygen atoms in total. The average molecular weight is 375 g/mol. The summed E-state index contributed by atoms with van der Waals surface area (Å²) >= 11 is 1.50. The molecule has 0 aliphatic rings. The van der Waals surface area contributed by atoms with E-state index in [-0.39, 0.29) is 5.56 Å². The van der Waals surface area contributed by atoms with E-state index in [1.807, 2.05) is 48.7 Å². The molecule has 134 valence electrons. The van der Waals surface area contributed by atoms with Crippen molar-refractivity contribution in [2.75, 3.05) is 5.32 Å². The van der Waals surface area contributed by atoms with Gasteiger partial charge in [-0.3, -0.25) is 9.78 Å². The lowest BCUT2D eigenvalue weighted by molar-refractivity contribution is 1.03. The average Bonchev–Trinajstić information content (AvgIpc) is 3.17. The highest BCUT2D eigenvalue weighted by atomic mass is 32.1. The summed E-state index contributed by atoms with van der Waals surface area (Å²) in [6.07, 6.45) is 3.51. The van der Waals surface area contributed by atoms with Gasteiger partial charge in [0, 0.05) is 29.0 Å². The minimum atomic E-state index is -0.126. The second-order valence-corrected chi connectivity index (χ2v) is 6.88. The van der Waals surface area contributed by atoms with Crippen LogP contribution in [0.5, 0.6) is 0 Å². The SMILES string of the molecule is Cc1ccc(-c2csc(-c3ccnc(NCc4ccccn4)c3)n2)c(=O)[nH]1. The molecule has 4 heterocycles. The van der Waals surface area contributed by atoms with Gasteiger partial charge in [0.05, 0.1) is 23.5 Å². The Bertz CT molecular complexity index is 1120. The Morgan fingerprint density at radius 2 is 2.04 bits per heavy atom. The second-order valence-electron chi connectivity index (χ2n) is 6.03. The van der Waals surface area contributed by atoms with Gasteiger partial charge >= 0.3 is 0 Å². The number of hydrogen-bond acceptors (Lipinski definition) is 6. The van der Waals surface area contributed by atoms with Gasteiger partial charge in [-0.2, -0.15) is 0 Å². The number of aromatic amines is 1. The van der Waals surface area contributed by atoms with Crippen molar-refractivity contribution < 1.29 is 0 Å². The van der Waals surface area contributed by atoms with E-state index in [0.717, 1.165) is 27.8 Å². The van der Waals surface area contributed by atoms with E-state index in [9.17, 15) is 4.79 Å². The van der Waals surface area contributed by atoms with Crippen LogP contribution < -0.4 is 10.9 Å². The highest BCUT2D eigenvalue weighted by Gasteiger charge is 2.10. The minimum absolute atomic E-state index is 0.126. The van der Waals surface area contributed by atoms with E-state index in [1.54, 1.807) is 18.5 Å². The van der Waals surface area contributed by atoms with Gasteiger partial charge in [0.1, 0.15) is 10.8 Å². The molecule has 0 saturated carbocycles. The van der Waals surface area contributed by atoms with Gasteiger partial charge in [0.25, 0.3) is 5.56 Å². The van der Waals surface area contributed by atoms with Crippen molar-refractivity contribution in [3.05, 3.63) is 82.0 Å². The summed E-state index contributed by atoms with van der Waals surface area (Å²) in [5.74, 6) is 0.753. The van der Waals surface area contributed by atoms with Crippen molar-refractivity contribution in [3.8, 4) is 21.8 Å². The normalized spacial score (nSPS) is 10.7. The zero-order valence-corrected chi connectivity index (χ0v) is 15.5. The lowest BCUT2D eigenvalue weighted by atomic mass is 10.2. The third-order valence-electron chi connectivity index (χ3n) is 4.02. The zero-order chi connectivity index (χ0) is 18.6. The van der Waals surface area contributed by atoms with Gasteiger partial charge in [0.2, 0.25) is 0 Å². The van der Waals surface area contributed by atoms with E-state index >= 15 is 0 Å². The van der Waals surface area contributed by atoms with Crippen LogP contribution in [0.1, 0.15) is 11.4 Å². The molecule has 27 heavy (non-hydrogen) atoms. The summed E-state index contributed by atoms with van der Waals surface area (Å²) in [7, 11) is 0. The molecule has 0 saturated heterocycles. The number of H-pyrrole nitrogens is 1. The van der Waals surface area contributed by atoms with Crippen molar-refractivity contribution in [2.45, 2.75) is 13.5 Å². The molecule has 0 radical (unpaired) electrons. The Balaban J connectivity index is 1.56. The Kier molecular flexibility index (Phi) is 4.76. The van der Waals surface area contributed by atoms with Crippen molar-refractivity contribution in [1.82, 2.24) is 19.9 Å². The molecule has 0 amide bonds. The number of pyridine rings is 3. The summed E-state index contributed by atoms with van der Waals surface area (Å²) in [5, 5.41) is 6.01. The van der Waals surface area contributed by atoms with Gasteiger partial charge in [-0.1, -0.05) is 6.07 Å². The maximum atomic E-state index is 12.1. The maximum absolute atomic E-state index is 12.1. The smallest absolute Gasteiger partial charge is 0.257 e. The molecule has 0 aromatic carbocycles. The van der Waals surface area contributed by atoms with E-state index in [4.69, 9.17) is 0 Å². The van der Waals surface area contributed by atoms with Gasteiger partial charge < -0.3 is 10.3 Å². The first-order valence-corrected chi connectivity index (χ1v) is 9.33. The maximum Gasteiger partial charge on any atom is 0.257 e. The van der Waals surface area contributed by atoms with Crippen LogP contribution in [-0.4, -0.2) is 19.9 Å². The first kappa shape index (κ1) is 17.1. The van der Waals surface area contributed by atoms with Gasteiger partial charge in [-0.15, -0.1) is 11.3 Å².